The predicted molar refractivity (Wildman–Crippen MR) is 117 cm³/mol. The molecule has 4 nitrogen and oxygen atoms in total. The monoisotopic (exact) mass is 413 g/mol. The van der Waals surface area contributed by atoms with Gasteiger partial charge in [0.25, 0.3) is 5.91 Å². The zero-order chi connectivity index (χ0) is 19.7. The number of hydrogen-bond donors (Lipinski definition) is 2. The van der Waals surface area contributed by atoms with Crippen molar-refractivity contribution in [1.29, 1.82) is 0 Å². The second-order valence-electron chi connectivity index (χ2n) is 6.73. The van der Waals surface area contributed by atoms with Crippen LogP contribution in [0.2, 0.25) is 0 Å². The van der Waals surface area contributed by atoms with Gasteiger partial charge in [0.2, 0.25) is 0 Å². The van der Waals surface area contributed by atoms with E-state index in [-0.39, 0.29) is 11.7 Å². The first kappa shape index (κ1) is 19.0. The summed E-state index contributed by atoms with van der Waals surface area (Å²) in [6.07, 6.45) is 1.35. The predicted octanol–water partition coefficient (Wildman–Crippen LogP) is 5.35. The first-order chi connectivity index (χ1) is 13.5. The van der Waals surface area contributed by atoms with Crippen LogP contribution >= 0.6 is 23.1 Å². The van der Waals surface area contributed by atoms with Crippen LogP contribution in [0.25, 0.3) is 10.1 Å². The molecule has 3 aromatic rings. The van der Waals surface area contributed by atoms with Gasteiger partial charge in [-0.25, -0.2) is 4.39 Å². The fourth-order valence-electron chi connectivity index (χ4n) is 3.51. The van der Waals surface area contributed by atoms with Crippen LogP contribution < -0.4 is 11.1 Å². The number of thioether (sulfide) groups is 1. The summed E-state index contributed by atoms with van der Waals surface area (Å²) in [5, 5.41) is 4.41. The normalized spacial score (nSPS) is 19.4. The smallest absolute Gasteiger partial charge is 0.265 e. The highest BCUT2D eigenvalue weighted by Crippen LogP contribution is 2.40. The highest BCUT2D eigenvalue weighted by molar-refractivity contribution is 8.13. The standard InChI is InChI=1S/C21H20FN3OS2/c1-2-21(9-10-27-20(23)25-21)15-12-14(7-8-16(15)22)24-19(26)18-11-13-5-3-4-6-17(13)28-18/h3-8,11-12H,2,9-10H2,1H3,(H2,23,25)(H,24,26)/t21-/m0/s1. The molecule has 0 saturated carbocycles. The van der Waals surface area contributed by atoms with Crippen LogP contribution in [0.4, 0.5) is 10.1 Å². The maximum Gasteiger partial charge on any atom is 0.265 e. The van der Waals surface area contributed by atoms with Gasteiger partial charge in [0.05, 0.1) is 10.4 Å². The van der Waals surface area contributed by atoms with Gasteiger partial charge in [0.1, 0.15) is 5.82 Å². The van der Waals surface area contributed by atoms with E-state index in [1.54, 1.807) is 12.1 Å². The van der Waals surface area contributed by atoms with E-state index >= 15 is 0 Å². The van der Waals surface area contributed by atoms with Crippen molar-refractivity contribution in [1.82, 2.24) is 0 Å². The molecule has 0 radical (unpaired) electrons. The number of carbonyl (C=O) groups is 1. The number of nitrogens with zero attached hydrogens (tertiary/aromatic N) is 1. The molecule has 1 atom stereocenters. The maximum absolute atomic E-state index is 14.7. The van der Waals surface area contributed by atoms with Gasteiger partial charge in [-0.2, -0.15) is 0 Å². The fraction of sp³-hybridized carbons (Fsp3) is 0.238. The molecule has 1 aliphatic rings. The summed E-state index contributed by atoms with van der Waals surface area (Å²) in [5.41, 5.74) is 6.28. The van der Waals surface area contributed by atoms with Crippen LogP contribution in [0.5, 0.6) is 0 Å². The number of carbonyl (C=O) groups excluding carboxylic acids is 1. The third-order valence-electron chi connectivity index (χ3n) is 5.05. The quantitative estimate of drug-likeness (QED) is 0.606. The molecule has 1 aliphatic heterocycles. The molecule has 0 saturated heterocycles. The summed E-state index contributed by atoms with van der Waals surface area (Å²) in [7, 11) is 0. The topological polar surface area (TPSA) is 67.5 Å². The van der Waals surface area contributed by atoms with Crippen molar-refractivity contribution >= 4 is 49.9 Å². The minimum atomic E-state index is -0.683. The Hall–Kier alpha value is -2.38. The van der Waals surface area contributed by atoms with Gasteiger partial charge in [-0.05, 0) is 48.6 Å². The molecule has 1 amide bonds. The summed E-state index contributed by atoms with van der Waals surface area (Å²) < 4.78 is 15.7. The van der Waals surface area contributed by atoms with Crippen LogP contribution in [0, 0.1) is 5.82 Å². The average molecular weight is 414 g/mol. The number of benzene rings is 2. The molecule has 2 aromatic carbocycles. The molecule has 0 unspecified atom stereocenters. The third-order valence-corrected chi connectivity index (χ3v) is 6.96. The summed E-state index contributed by atoms with van der Waals surface area (Å²) in [6, 6.07) is 14.4. The Labute approximate surface area is 171 Å². The van der Waals surface area contributed by atoms with Crippen LogP contribution in [0.3, 0.4) is 0 Å². The van der Waals surface area contributed by atoms with E-state index in [0.29, 0.717) is 34.1 Å². The van der Waals surface area contributed by atoms with Gasteiger partial charge >= 0.3 is 0 Å². The Balaban J connectivity index is 1.65. The van der Waals surface area contributed by atoms with E-state index in [0.717, 1.165) is 15.8 Å². The number of halogens is 1. The second-order valence-corrected chi connectivity index (χ2v) is 8.93. The molecule has 144 valence electrons. The molecular formula is C21H20FN3OS2. The lowest BCUT2D eigenvalue weighted by Crippen LogP contribution is -2.32. The molecule has 4 rings (SSSR count). The van der Waals surface area contributed by atoms with Crippen molar-refractivity contribution in [3.8, 4) is 0 Å². The Morgan fingerprint density at radius 3 is 2.86 bits per heavy atom. The lowest BCUT2D eigenvalue weighted by Gasteiger charge is -2.33. The number of anilines is 1. The lowest BCUT2D eigenvalue weighted by molar-refractivity contribution is 0.103. The summed E-state index contributed by atoms with van der Waals surface area (Å²) in [4.78, 5) is 17.9. The van der Waals surface area contributed by atoms with Crippen molar-refractivity contribution in [3.63, 3.8) is 0 Å². The number of amidine groups is 1. The minimum absolute atomic E-state index is 0.202. The molecule has 7 heteroatoms. The number of aliphatic imine (C=N–C) groups is 1. The largest absolute Gasteiger partial charge is 0.379 e. The van der Waals surface area contributed by atoms with Crippen LogP contribution in [0.15, 0.2) is 53.5 Å². The Morgan fingerprint density at radius 1 is 1.29 bits per heavy atom. The summed E-state index contributed by atoms with van der Waals surface area (Å²) in [6.45, 7) is 1.98. The molecule has 0 bridgehead atoms. The first-order valence-corrected chi connectivity index (χ1v) is 10.9. The van der Waals surface area contributed by atoms with Gasteiger partial charge in [-0.3, -0.25) is 9.79 Å². The summed E-state index contributed by atoms with van der Waals surface area (Å²) in [5.74, 6) is 0.262. The van der Waals surface area contributed by atoms with E-state index in [9.17, 15) is 9.18 Å². The molecule has 0 aliphatic carbocycles. The van der Waals surface area contributed by atoms with Crippen molar-refractivity contribution < 1.29 is 9.18 Å². The molecule has 28 heavy (non-hydrogen) atoms. The fourth-order valence-corrected chi connectivity index (χ4v) is 5.36. The lowest BCUT2D eigenvalue weighted by atomic mass is 9.84. The molecular weight excluding hydrogens is 393 g/mol. The number of rotatable bonds is 4. The Morgan fingerprint density at radius 2 is 2.11 bits per heavy atom. The van der Waals surface area contributed by atoms with Crippen molar-refractivity contribution in [2.75, 3.05) is 11.1 Å². The van der Waals surface area contributed by atoms with Crippen molar-refractivity contribution in [3.05, 3.63) is 64.8 Å². The average Bonchev–Trinajstić information content (AvgIpc) is 3.14. The van der Waals surface area contributed by atoms with Gasteiger partial charge in [0, 0.05) is 21.7 Å². The van der Waals surface area contributed by atoms with E-state index in [1.165, 1.54) is 29.2 Å². The molecule has 2 heterocycles. The number of nitrogens with two attached hydrogens (primary N) is 1. The third kappa shape index (κ3) is 3.52. The van der Waals surface area contributed by atoms with Crippen molar-refractivity contribution in [2.45, 2.75) is 25.3 Å². The van der Waals surface area contributed by atoms with E-state index in [1.807, 2.05) is 37.3 Å². The number of fused-ring (bicyclic) bond motifs is 1. The van der Waals surface area contributed by atoms with Gasteiger partial charge < -0.3 is 11.1 Å². The van der Waals surface area contributed by atoms with E-state index in [4.69, 9.17) is 5.73 Å². The molecule has 3 N–H and O–H groups in total. The zero-order valence-corrected chi connectivity index (χ0v) is 17.0. The Kier molecular flexibility index (Phi) is 5.12. The number of thiophene rings is 1. The number of nitrogens with one attached hydrogen (secondary N) is 1. The minimum Gasteiger partial charge on any atom is -0.379 e. The maximum atomic E-state index is 14.7. The number of hydrogen-bond acceptors (Lipinski definition) is 5. The van der Waals surface area contributed by atoms with Gasteiger partial charge in [-0.1, -0.05) is 36.9 Å². The highest BCUT2D eigenvalue weighted by Gasteiger charge is 2.35. The second kappa shape index (κ2) is 7.56. The SMILES string of the molecule is CC[C@@]1(c2cc(NC(=O)c3cc4ccccc4s3)ccc2F)CCSC(N)=N1. The van der Waals surface area contributed by atoms with Crippen molar-refractivity contribution in [2.24, 2.45) is 10.7 Å². The van der Waals surface area contributed by atoms with Gasteiger partial charge in [-0.15, -0.1) is 11.3 Å². The Bertz CT molecular complexity index is 1050. The van der Waals surface area contributed by atoms with Crippen LogP contribution in [-0.2, 0) is 5.54 Å². The molecule has 0 spiro atoms. The molecule has 1 aromatic heterocycles. The van der Waals surface area contributed by atoms with Gasteiger partial charge in [0.15, 0.2) is 5.17 Å². The summed E-state index contributed by atoms with van der Waals surface area (Å²) >= 11 is 2.92. The highest BCUT2D eigenvalue weighted by atomic mass is 32.2. The first-order valence-electron chi connectivity index (χ1n) is 9.09. The number of amides is 1. The van der Waals surface area contributed by atoms with E-state index < -0.39 is 5.54 Å². The zero-order valence-electron chi connectivity index (χ0n) is 15.4. The molecule has 0 fully saturated rings. The van der Waals surface area contributed by atoms with Crippen LogP contribution in [-0.4, -0.2) is 16.8 Å². The van der Waals surface area contributed by atoms with Crippen LogP contribution in [0.1, 0.15) is 35.0 Å². The van der Waals surface area contributed by atoms with E-state index in [2.05, 4.69) is 10.3 Å².